The highest BCUT2D eigenvalue weighted by atomic mass is 32.2. The van der Waals surface area contributed by atoms with E-state index in [1.807, 2.05) is 24.3 Å². The Bertz CT molecular complexity index is 975. The molecule has 2 aromatic carbocycles. The van der Waals surface area contributed by atoms with E-state index < -0.39 is 15.7 Å². The quantitative estimate of drug-likeness (QED) is 0.371. The first-order valence-corrected chi connectivity index (χ1v) is 11.1. The van der Waals surface area contributed by atoms with Crippen molar-refractivity contribution in [2.45, 2.75) is 18.8 Å². The summed E-state index contributed by atoms with van der Waals surface area (Å²) in [6.07, 6.45) is 2.83. The summed E-state index contributed by atoms with van der Waals surface area (Å²) in [4.78, 5) is 4.16. The Morgan fingerprint density at radius 2 is 1.83 bits per heavy atom. The number of aliphatic imine (C=N–C) groups is 1. The maximum atomic E-state index is 13.7. The van der Waals surface area contributed by atoms with Crippen molar-refractivity contribution in [3.63, 3.8) is 0 Å². The lowest BCUT2D eigenvalue weighted by atomic mass is 10.1. The number of rotatable bonds is 9. The summed E-state index contributed by atoms with van der Waals surface area (Å²) in [6.45, 7) is 4.75. The first-order valence-electron chi connectivity index (χ1n) is 9.03. The highest BCUT2D eigenvalue weighted by molar-refractivity contribution is 7.89. The molecule has 0 atom stereocenters. The standard InChI is InChI=1S/C21H26FN3O3S/c1-4-11-28-20-8-6-5-7-16(20)13-24-21(23-2)25-14-18-12-19(22)10-9-17(18)15-29(3,26)27/h4-10,12H,1,11,13-15H2,2-3H3,(H2,23,24,25). The Balaban J connectivity index is 2.04. The van der Waals surface area contributed by atoms with Gasteiger partial charge in [0.15, 0.2) is 15.8 Å². The number of nitrogens with one attached hydrogen (secondary N) is 2. The number of ether oxygens (including phenoxy) is 1. The maximum Gasteiger partial charge on any atom is 0.191 e. The second-order valence-electron chi connectivity index (χ2n) is 6.47. The Morgan fingerprint density at radius 3 is 2.48 bits per heavy atom. The lowest BCUT2D eigenvalue weighted by Gasteiger charge is -2.16. The van der Waals surface area contributed by atoms with Crippen LogP contribution in [0.25, 0.3) is 0 Å². The van der Waals surface area contributed by atoms with Crippen LogP contribution < -0.4 is 15.4 Å². The minimum atomic E-state index is -3.23. The molecule has 0 radical (unpaired) electrons. The van der Waals surface area contributed by atoms with Crippen LogP contribution in [0.1, 0.15) is 16.7 Å². The zero-order chi connectivity index (χ0) is 21.3. The fourth-order valence-electron chi connectivity index (χ4n) is 2.70. The molecule has 0 spiro atoms. The van der Waals surface area contributed by atoms with E-state index in [1.165, 1.54) is 18.2 Å². The summed E-state index contributed by atoms with van der Waals surface area (Å²) in [5.74, 6) is 0.675. The fraction of sp³-hybridized carbons (Fsp3) is 0.286. The smallest absolute Gasteiger partial charge is 0.191 e. The van der Waals surface area contributed by atoms with Gasteiger partial charge in [-0.1, -0.05) is 36.9 Å². The topological polar surface area (TPSA) is 79.8 Å². The van der Waals surface area contributed by atoms with E-state index in [2.05, 4.69) is 22.2 Å². The van der Waals surface area contributed by atoms with E-state index >= 15 is 0 Å². The van der Waals surface area contributed by atoms with Gasteiger partial charge >= 0.3 is 0 Å². The van der Waals surface area contributed by atoms with E-state index in [0.29, 0.717) is 30.2 Å². The van der Waals surface area contributed by atoms with E-state index in [4.69, 9.17) is 4.74 Å². The van der Waals surface area contributed by atoms with E-state index in [-0.39, 0.29) is 12.3 Å². The zero-order valence-electron chi connectivity index (χ0n) is 16.6. The molecule has 6 nitrogen and oxygen atoms in total. The Morgan fingerprint density at radius 1 is 1.14 bits per heavy atom. The van der Waals surface area contributed by atoms with Gasteiger partial charge < -0.3 is 15.4 Å². The largest absolute Gasteiger partial charge is 0.489 e. The number of guanidine groups is 1. The predicted molar refractivity (Wildman–Crippen MR) is 114 cm³/mol. The molecule has 0 heterocycles. The predicted octanol–water partition coefficient (Wildman–Crippen LogP) is 2.80. The van der Waals surface area contributed by atoms with Crippen LogP contribution in [0.3, 0.4) is 0 Å². The summed E-state index contributed by atoms with van der Waals surface area (Å²) < 4.78 is 42.6. The molecule has 0 aliphatic heterocycles. The molecule has 2 N–H and O–H groups in total. The molecule has 156 valence electrons. The van der Waals surface area contributed by atoms with Crippen molar-refractivity contribution in [3.05, 3.63) is 77.6 Å². The molecule has 0 aliphatic rings. The summed E-state index contributed by atoms with van der Waals surface area (Å²) in [6, 6.07) is 11.7. The van der Waals surface area contributed by atoms with Crippen molar-refractivity contribution in [2.75, 3.05) is 19.9 Å². The molecular weight excluding hydrogens is 393 g/mol. The molecule has 0 amide bonds. The van der Waals surface area contributed by atoms with Gasteiger partial charge in [0.25, 0.3) is 0 Å². The molecule has 2 rings (SSSR count). The first kappa shape index (κ1) is 22.4. The van der Waals surface area contributed by atoms with Gasteiger partial charge in [-0.25, -0.2) is 12.8 Å². The van der Waals surface area contributed by atoms with E-state index in [1.54, 1.807) is 13.1 Å². The van der Waals surface area contributed by atoms with Gasteiger partial charge in [0, 0.05) is 32.0 Å². The third-order valence-electron chi connectivity index (χ3n) is 4.03. The molecule has 0 fully saturated rings. The van der Waals surface area contributed by atoms with Crippen molar-refractivity contribution in [3.8, 4) is 5.75 Å². The number of sulfone groups is 1. The third kappa shape index (κ3) is 7.57. The molecule has 2 aromatic rings. The van der Waals surface area contributed by atoms with Gasteiger partial charge in [-0.05, 0) is 29.3 Å². The van der Waals surface area contributed by atoms with Gasteiger partial charge in [0.2, 0.25) is 0 Å². The van der Waals surface area contributed by atoms with Crippen LogP contribution in [0, 0.1) is 5.82 Å². The van der Waals surface area contributed by atoms with Crippen LogP contribution in [0.2, 0.25) is 0 Å². The fourth-order valence-corrected chi connectivity index (χ4v) is 3.55. The molecular formula is C21H26FN3O3S. The summed E-state index contributed by atoms with van der Waals surface area (Å²) in [5.41, 5.74) is 2.06. The molecule has 0 unspecified atom stereocenters. The maximum absolute atomic E-state index is 13.7. The van der Waals surface area contributed by atoms with Gasteiger partial charge in [0.1, 0.15) is 18.2 Å². The third-order valence-corrected chi connectivity index (χ3v) is 4.87. The minimum Gasteiger partial charge on any atom is -0.489 e. The van der Waals surface area contributed by atoms with Crippen LogP contribution in [0.5, 0.6) is 5.75 Å². The monoisotopic (exact) mass is 419 g/mol. The molecule has 0 aliphatic carbocycles. The number of benzene rings is 2. The van der Waals surface area contributed by atoms with Crippen molar-refractivity contribution in [2.24, 2.45) is 4.99 Å². The van der Waals surface area contributed by atoms with Crippen LogP contribution in [0.4, 0.5) is 4.39 Å². The van der Waals surface area contributed by atoms with Gasteiger partial charge in [0.05, 0.1) is 5.75 Å². The Kier molecular flexibility index (Phi) is 8.21. The average Bonchev–Trinajstić information content (AvgIpc) is 2.68. The van der Waals surface area contributed by atoms with Crippen LogP contribution in [-0.2, 0) is 28.7 Å². The van der Waals surface area contributed by atoms with Crippen molar-refractivity contribution in [1.82, 2.24) is 10.6 Å². The number of hydrogen-bond acceptors (Lipinski definition) is 4. The highest BCUT2D eigenvalue weighted by Gasteiger charge is 2.11. The summed E-state index contributed by atoms with van der Waals surface area (Å²) >= 11 is 0. The Hall–Kier alpha value is -2.87. The van der Waals surface area contributed by atoms with Crippen molar-refractivity contribution >= 4 is 15.8 Å². The SMILES string of the molecule is C=CCOc1ccccc1CNC(=NC)NCc1cc(F)ccc1CS(C)(=O)=O. The molecule has 0 saturated heterocycles. The second kappa shape index (κ2) is 10.6. The normalized spacial score (nSPS) is 11.8. The summed E-state index contributed by atoms with van der Waals surface area (Å²) in [5, 5.41) is 6.27. The molecule has 0 saturated carbocycles. The van der Waals surface area contributed by atoms with Crippen molar-refractivity contribution < 1.29 is 17.5 Å². The summed E-state index contributed by atoms with van der Waals surface area (Å²) in [7, 11) is -1.61. The van der Waals surface area contributed by atoms with Crippen molar-refractivity contribution in [1.29, 1.82) is 0 Å². The zero-order valence-corrected chi connectivity index (χ0v) is 17.4. The molecule has 8 heteroatoms. The van der Waals surface area contributed by atoms with E-state index in [0.717, 1.165) is 17.6 Å². The highest BCUT2D eigenvalue weighted by Crippen LogP contribution is 2.18. The van der Waals surface area contributed by atoms with Gasteiger partial charge in [-0.15, -0.1) is 0 Å². The number of para-hydroxylation sites is 1. The van der Waals surface area contributed by atoms with Gasteiger partial charge in [-0.2, -0.15) is 0 Å². The van der Waals surface area contributed by atoms with Crippen LogP contribution in [-0.4, -0.2) is 34.3 Å². The van der Waals surface area contributed by atoms with Gasteiger partial charge in [-0.3, -0.25) is 4.99 Å². The van der Waals surface area contributed by atoms with Crippen LogP contribution in [0.15, 0.2) is 60.1 Å². The molecule has 0 bridgehead atoms. The Labute approximate surface area is 171 Å². The lowest BCUT2D eigenvalue weighted by Crippen LogP contribution is -2.36. The minimum absolute atomic E-state index is 0.148. The average molecular weight is 420 g/mol. The number of hydrogen-bond donors (Lipinski definition) is 2. The molecule has 29 heavy (non-hydrogen) atoms. The van der Waals surface area contributed by atoms with E-state index in [9.17, 15) is 12.8 Å². The lowest BCUT2D eigenvalue weighted by molar-refractivity contribution is 0.358. The molecule has 0 aromatic heterocycles. The number of nitrogens with zero attached hydrogens (tertiary/aromatic N) is 1. The first-order chi connectivity index (χ1) is 13.8. The number of halogens is 1. The van der Waals surface area contributed by atoms with Crippen LogP contribution >= 0.6 is 0 Å². The second-order valence-corrected chi connectivity index (χ2v) is 8.61.